The molecule has 0 saturated carbocycles. The number of aliphatic hydroxyl groups is 1. The Morgan fingerprint density at radius 1 is 1.36 bits per heavy atom. The van der Waals surface area contributed by atoms with Gasteiger partial charge >= 0.3 is 6.18 Å². The van der Waals surface area contributed by atoms with Gasteiger partial charge in [0, 0.05) is 33.2 Å². The van der Waals surface area contributed by atoms with Crippen molar-refractivity contribution in [1.29, 1.82) is 0 Å². The van der Waals surface area contributed by atoms with Gasteiger partial charge in [-0.05, 0) is 26.0 Å². The molecule has 1 aromatic heterocycles. The third-order valence-corrected chi connectivity index (χ3v) is 4.49. The van der Waals surface area contributed by atoms with E-state index in [0.29, 0.717) is 37.9 Å². The smallest absolute Gasteiger partial charge is 0.403 e. The fraction of sp³-hybridized carbons (Fsp3) is 0.688. The summed E-state index contributed by atoms with van der Waals surface area (Å²) in [5, 5.41) is 13.5. The van der Waals surface area contributed by atoms with Crippen molar-refractivity contribution in [2.75, 3.05) is 39.8 Å². The average Bonchev–Trinajstić information content (AvgIpc) is 3.10. The SMILES string of the molecule is CN=C(NCC(C)(O)c1ccco1)N1CCN(C(C)C(F)(F)F)CC1. The van der Waals surface area contributed by atoms with E-state index in [4.69, 9.17) is 4.42 Å². The monoisotopic (exact) mass is 362 g/mol. The van der Waals surface area contributed by atoms with Crippen LogP contribution in [0.25, 0.3) is 0 Å². The van der Waals surface area contributed by atoms with Crippen LogP contribution in [0, 0.1) is 0 Å². The molecule has 0 radical (unpaired) electrons. The Kier molecular flexibility index (Phi) is 5.99. The van der Waals surface area contributed by atoms with Crippen LogP contribution in [0.2, 0.25) is 0 Å². The van der Waals surface area contributed by atoms with Crippen molar-refractivity contribution in [3.8, 4) is 0 Å². The van der Waals surface area contributed by atoms with Gasteiger partial charge in [-0.2, -0.15) is 13.2 Å². The summed E-state index contributed by atoms with van der Waals surface area (Å²) in [7, 11) is 1.61. The molecule has 2 rings (SSSR count). The van der Waals surface area contributed by atoms with Crippen LogP contribution in [-0.4, -0.2) is 72.9 Å². The van der Waals surface area contributed by atoms with Crippen molar-refractivity contribution in [2.45, 2.75) is 31.7 Å². The van der Waals surface area contributed by atoms with Crippen molar-refractivity contribution in [1.82, 2.24) is 15.1 Å². The van der Waals surface area contributed by atoms with E-state index in [1.807, 2.05) is 4.90 Å². The van der Waals surface area contributed by atoms with E-state index in [9.17, 15) is 18.3 Å². The predicted octanol–water partition coefficient (Wildman–Crippen LogP) is 1.63. The second-order valence-corrected chi connectivity index (χ2v) is 6.39. The molecule has 1 aromatic rings. The molecule has 0 bridgehead atoms. The van der Waals surface area contributed by atoms with E-state index in [1.54, 1.807) is 26.1 Å². The molecular weight excluding hydrogens is 337 g/mol. The van der Waals surface area contributed by atoms with Crippen molar-refractivity contribution >= 4 is 5.96 Å². The number of guanidine groups is 1. The zero-order chi connectivity index (χ0) is 18.7. The lowest BCUT2D eigenvalue weighted by Gasteiger charge is -2.40. The zero-order valence-electron chi connectivity index (χ0n) is 14.7. The molecule has 2 N–H and O–H groups in total. The fourth-order valence-corrected chi connectivity index (χ4v) is 2.78. The van der Waals surface area contributed by atoms with Crippen LogP contribution in [0.5, 0.6) is 0 Å². The van der Waals surface area contributed by atoms with Crippen LogP contribution < -0.4 is 5.32 Å². The Hall–Kier alpha value is -1.74. The molecule has 142 valence electrons. The third kappa shape index (κ3) is 4.88. The summed E-state index contributed by atoms with van der Waals surface area (Å²) in [6, 6.07) is 1.92. The van der Waals surface area contributed by atoms with Gasteiger partial charge in [0.25, 0.3) is 0 Å². The second kappa shape index (κ2) is 7.65. The number of nitrogens with zero attached hydrogens (tertiary/aromatic N) is 3. The molecule has 2 atom stereocenters. The highest BCUT2D eigenvalue weighted by Crippen LogP contribution is 2.25. The fourth-order valence-electron chi connectivity index (χ4n) is 2.78. The molecule has 9 heteroatoms. The molecule has 25 heavy (non-hydrogen) atoms. The van der Waals surface area contributed by atoms with Gasteiger partial charge in [-0.25, -0.2) is 0 Å². The molecule has 0 aromatic carbocycles. The summed E-state index contributed by atoms with van der Waals surface area (Å²) in [5.41, 5.74) is -1.22. The molecule has 1 aliphatic rings. The van der Waals surface area contributed by atoms with E-state index in [1.165, 1.54) is 18.1 Å². The van der Waals surface area contributed by atoms with Crippen LogP contribution in [0.4, 0.5) is 13.2 Å². The van der Waals surface area contributed by atoms with Crippen molar-refractivity contribution in [3.05, 3.63) is 24.2 Å². The first kappa shape index (κ1) is 19.6. The molecule has 6 nitrogen and oxygen atoms in total. The Balaban J connectivity index is 1.89. The molecule has 1 aliphatic heterocycles. The van der Waals surface area contributed by atoms with Gasteiger partial charge in [0.1, 0.15) is 17.4 Å². The van der Waals surface area contributed by atoms with Crippen LogP contribution in [-0.2, 0) is 5.60 Å². The standard InChI is InChI=1S/C16H25F3N4O2/c1-12(16(17,18)19)22-6-8-23(9-7-22)14(20-3)21-11-15(2,24)13-5-4-10-25-13/h4-5,10,12,24H,6-9,11H2,1-3H3,(H,20,21). The topological polar surface area (TPSA) is 64.2 Å². The van der Waals surface area contributed by atoms with Gasteiger partial charge < -0.3 is 19.7 Å². The molecule has 0 spiro atoms. The summed E-state index contributed by atoms with van der Waals surface area (Å²) in [4.78, 5) is 7.47. The van der Waals surface area contributed by atoms with Crippen LogP contribution in [0.15, 0.2) is 27.8 Å². The molecule has 1 saturated heterocycles. The lowest BCUT2D eigenvalue weighted by atomic mass is 10.0. The minimum absolute atomic E-state index is 0.173. The number of nitrogens with one attached hydrogen (secondary N) is 1. The average molecular weight is 362 g/mol. The number of alkyl halides is 3. The van der Waals surface area contributed by atoms with Crippen LogP contribution >= 0.6 is 0 Å². The maximum absolute atomic E-state index is 12.8. The summed E-state index contributed by atoms with van der Waals surface area (Å²) >= 11 is 0. The highest BCUT2D eigenvalue weighted by molar-refractivity contribution is 5.80. The minimum atomic E-state index is -4.22. The Morgan fingerprint density at radius 2 is 2.00 bits per heavy atom. The van der Waals surface area contributed by atoms with Gasteiger partial charge in [0.15, 0.2) is 5.96 Å². The van der Waals surface area contributed by atoms with Crippen molar-refractivity contribution < 1.29 is 22.7 Å². The maximum atomic E-state index is 12.8. The summed E-state index contributed by atoms with van der Waals surface area (Å²) in [6.45, 7) is 4.45. The number of furan rings is 1. The number of halogens is 3. The van der Waals surface area contributed by atoms with E-state index >= 15 is 0 Å². The molecular formula is C16H25F3N4O2. The first-order valence-electron chi connectivity index (χ1n) is 8.18. The maximum Gasteiger partial charge on any atom is 0.403 e. The van der Waals surface area contributed by atoms with Crippen LogP contribution in [0.3, 0.4) is 0 Å². The normalized spacial score (nSPS) is 21.1. The molecule has 1 fully saturated rings. The quantitative estimate of drug-likeness (QED) is 0.630. The van der Waals surface area contributed by atoms with Gasteiger partial charge in [-0.1, -0.05) is 0 Å². The first-order chi connectivity index (χ1) is 11.6. The highest BCUT2D eigenvalue weighted by Gasteiger charge is 2.41. The first-order valence-corrected chi connectivity index (χ1v) is 8.18. The largest absolute Gasteiger partial charge is 0.466 e. The lowest BCUT2D eigenvalue weighted by Crippen LogP contribution is -2.57. The summed E-state index contributed by atoms with van der Waals surface area (Å²) in [6.07, 6.45) is -2.73. The van der Waals surface area contributed by atoms with Crippen molar-refractivity contribution in [2.24, 2.45) is 4.99 Å². The lowest BCUT2D eigenvalue weighted by molar-refractivity contribution is -0.181. The molecule has 0 amide bonds. The third-order valence-electron chi connectivity index (χ3n) is 4.49. The second-order valence-electron chi connectivity index (χ2n) is 6.39. The number of rotatable bonds is 4. The number of hydrogen-bond donors (Lipinski definition) is 2. The van der Waals surface area contributed by atoms with E-state index in [2.05, 4.69) is 10.3 Å². The zero-order valence-corrected chi connectivity index (χ0v) is 14.7. The Labute approximate surface area is 145 Å². The van der Waals surface area contributed by atoms with Gasteiger partial charge in [0.05, 0.1) is 12.8 Å². The summed E-state index contributed by atoms with van der Waals surface area (Å²) < 4.78 is 43.7. The minimum Gasteiger partial charge on any atom is -0.466 e. The van der Waals surface area contributed by atoms with Gasteiger partial charge in [0.2, 0.25) is 0 Å². The van der Waals surface area contributed by atoms with E-state index in [0.717, 1.165) is 0 Å². The van der Waals surface area contributed by atoms with E-state index in [-0.39, 0.29) is 6.54 Å². The molecule has 2 unspecified atom stereocenters. The summed E-state index contributed by atoms with van der Waals surface area (Å²) in [5.74, 6) is 0.977. The Bertz CT molecular complexity index is 564. The highest BCUT2D eigenvalue weighted by atomic mass is 19.4. The molecule has 0 aliphatic carbocycles. The van der Waals surface area contributed by atoms with Crippen LogP contribution in [0.1, 0.15) is 19.6 Å². The van der Waals surface area contributed by atoms with Crippen molar-refractivity contribution in [3.63, 3.8) is 0 Å². The van der Waals surface area contributed by atoms with E-state index < -0.39 is 17.8 Å². The predicted molar refractivity (Wildman–Crippen MR) is 88.3 cm³/mol. The Morgan fingerprint density at radius 3 is 2.48 bits per heavy atom. The van der Waals surface area contributed by atoms with Gasteiger partial charge in [-0.3, -0.25) is 9.89 Å². The number of aliphatic imine (C=N–C) groups is 1. The molecule has 2 heterocycles. The number of hydrogen-bond acceptors (Lipinski definition) is 4. The number of piperazine rings is 1. The van der Waals surface area contributed by atoms with Gasteiger partial charge in [-0.15, -0.1) is 0 Å².